The van der Waals surface area contributed by atoms with Crippen LogP contribution in [0.3, 0.4) is 0 Å². The van der Waals surface area contributed by atoms with Crippen LogP contribution in [-0.2, 0) is 6.42 Å². The number of benzene rings is 1. The zero-order valence-corrected chi connectivity index (χ0v) is 16.9. The molecule has 5 rings (SSSR count). The summed E-state index contributed by atoms with van der Waals surface area (Å²) >= 11 is 6.25. The Morgan fingerprint density at radius 1 is 1.00 bits per heavy atom. The molecule has 3 aromatic rings. The molecule has 150 valence electrons. The standard InChI is InChI=1S/C22H24ClN5O/c23-16-7-11-19-15(13-16)6-10-18(24)22-27-26-21(28(19)22)14-4-8-17(9-5-14)29-20-3-1-2-12-25-20/h1-3,7,11-14,17-18H,4-6,8-10,24H2. The van der Waals surface area contributed by atoms with E-state index in [1.54, 1.807) is 6.20 Å². The summed E-state index contributed by atoms with van der Waals surface area (Å²) in [4.78, 5) is 4.28. The van der Waals surface area contributed by atoms with Crippen LogP contribution >= 0.6 is 11.6 Å². The molecule has 6 nitrogen and oxygen atoms in total. The topological polar surface area (TPSA) is 78.9 Å². The molecule has 1 aromatic carbocycles. The Hall–Kier alpha value is -2.44. The van der Waals surface area contributed by atoms with Crippen molar-refractivity contribution in [3.05, 3.63) is 64.8 Å². The highest BCUT2D eigenvalue weighted by molar-refractivity contribution is 6.30. The predicted octanol–water partition coefficient (Wildman–Crippen LogP) is 4.37. The number of hydrogen-bond donors (Lipinski definition) is 1. The first-order chi connectivity index (χ1) is 14.2. The first-order valence-corrected chi connectivity index (χ1v) is 10.6. The maximum atomic E-state index is 6.43. The third-order valence-corrected chi connectivity index (χ3v) is 6.25. The Kier molecular flexibility index (Phi) is 4.97. The van der Waals surface area contributed by atoms with E-state index in [9.17, 15) is 0 Å². The van der Waals surface area contributed by atoms with Crippen LogP contribution in [0.4, 0.5) is 0 Å². The van der Waals surface area contributed by atoms with Crippen LogP contribution in [0.25, 0.3) is 5.69 Å². The number of ether oxygens (including phenoxy) is 1. The molecule has 29 heavy (non-hydrogen) atoms. The smallest absolute Gasteiger partial charge is 0.213 e. The van der Waals surface area contributed by atoms with Gasteiger partial charge in [0.05, 0.1) is 11.7 Å². The van der Waals surface area contributed by atoms with Gasteiger partial charge < -0.3 is 10.5 Å². The number of nitrogens with two attached hydrogens (primary N) is 1. The molecule has 0 bridgehead atoms. The van der Waals surface area contributed by atoms with E-state index in [0.717, 1.165) is 60.9 Å². The van der Waals surface area contributed by atoms with Crippen molar-refractivity contribution in [2.45, 2.75) is 56.6 Å². The summed E-state index contributed by atoms with van der Waals surface area (Å²) in [6.45, 7) is 0. The van der Waals surface area contributed by atoms with Gasteiger partial charge in [0.15, 0.2) is 5.82 Å². The molecule has 1 aliphatic carbocycles. The van der Waals surface area contributed by atoms with Crippen molar-refractivity contribution < 1.29 is 4.74 Å². The van der Waals surface area contributed by atoms with Crippen molar-refractivity contribution >= 4 is 11.6 Å². The van der Waals surface area contributed by atoms with E-state index in [-0.39, 0.29) is 12.1 Å². The lowest BCUT2D eigenvalue weighted by molar-refractivity contribution is 0.139. The van der Waals surface area contributed by atoms with Crippen molar-refractivity contribution in [2.75, 3.05) is 0 Å². The van der Waals surface area contributed by atoms with Gasteiger partial charge in [0.2, 0.25) is 5.88 Å². The summed E-state index contributed by atoms with van der Waals surface area (Å²) in [7, 11) is 0. The fourth-order valence-electron chi connectivity index (χ4n) is 4.50. The van der Waals surface area contributed by atoms with Crippen molar-refractivity contribution in [3.8, 4) is 11.6 Å². The van der Waals surface area contributed by atoms with E-state index in [1.165, 1.54) is 5.56 Å². The highest BCUT2D eigenvalue weighted by Crippen LogP contribution is 2.38. The van der Waals surface area contributed by atoms with Gasteiger partial charge >= 0.3 is 0 Å². The van der Waals surface area contributed by atoms with Crippen molar-refractivity contribution in [1.29, 1.82) is 0 Å². The molecule has 0 spiro atoms. The van der Waals surface area contributed by atoms with E-state index in [1.807, 2.05) is 30.3 Å². The number of aromatic nitrogens is 4. The van der Waals surface area contributed by atoms with Gasteiger partial charge in [-0.1, -0.05) is 17.7 Å². The molecule has 1 fully saturated rings. The summed E-state index contributed by atoms with van der Waals surface area (Å²) in [6, 6.07) is 11.7. The second kappa shape index (κ2) is 7.76. The molecule has 3 heterocycles. The molecule has 2 N–H and O–H groups in total. The van der Waals surface area contributed by atoms with E-state index in [0.29, 0.717) is 11.8 Å². The fourth-order valence-corrected chi connectivity index (χ4v) is 4.69. The van der Waals surface area contributed by atoms with E-state index >= 15 is 0 Å². The summed E-state index contributed by atoms with van der Waals surface area (Å²) in [5, 5.41) is 9.84. The van der Waals surface area contributed by atoms with Crippen LogP contribution < -0.4 is 10.5 Å². The summed E-state index contributed by atoms with van der Waals surface area (Å²) in [5.41, 5.74) is 8.75. The molecule has 2 aromatic heterocycles. The minimum atomic E-state index is -0.119. The quantitative estimate of drug-likeness (QED) is 0.694. The molecule has 7 heteroatoms. The van der Waals surface area contributed by atoms with Crippen LogP contribution in [0.15, 0.2) is 42.6 Å². The lowest BCUT2D eigenvalue weighted by Gasteiger charge is -2.28. The minimum Gasteiger partial charge on any atom is -0.474 e. The molecule has 1 saturated carbocycles. The Labute approximate surface area is 175 Å². The van der Waals surface area contributed by atoms with Crippen molar-refractivity contribution in [1.82, 2.24) is 19.7 Å². The zero-order chi connectivity index (χ0) is 19.8. The minimum absolute atomic E-state index is 0.119. The number of fused-ring (bicyclic) bond motifs is 3. The second-order valence-corrected chi connectivity index (χ2v) is 8.37. The molecule has 1 aliphatic heterocycles. The van der Waals surface area contributed by atoms with E-state index in [2.05, 4.69) is 25.8 Å². The van der Waals surface area contributed by atoms with Crippen molar-refractivity contribution in [3.63, 3.8) is 0 Å². The first kappa shape index (κ1) is 18.6. The first-order valence-electron chi connectivity index (χ1n) is 10.3. The van der Waals surface area contributed by atoms with Crippen LogP contribution in [0.1, 0.15) is 61.3 Å². The molecule has 0 amide bonds. The second-order valence-electron chi connectivity index (χ2n) is 7.93. The Morgan fingerprint density at radius 3 is 2.62 bits per heavy atom. The van der Waals surface area contributed by atoms with Crippen LogP contribution in [0.5, 0.6) is 5.88 Å². The number of nitrogens with zero attached hydrogens (tertiary/aromatic N) is 4. The monoisotopic (exact) mass is 409 g/mol. The highest BCUT2D eigenvalue weighted by atomic mass is 35.5. The molecular weight excluding hydrogens is 386 g/mol. The summed E-state index contributed by atoms with van der Waals surface area (Å²) in [5.74, 6) is 2.91. The Balaban J connectivity index is 1.39. The van der Waals surface area contributed by atoms with Crippen LogP contribution in [0.2, 0.25) is 5.02 Å². The van der Waals surface area contributed by atoms with Crippen LogP contribution in [-0.4, -0.2) is 25.9 Å². The lowest BCUT2D eigenvalue weighted by Crippen LogP contribution is -2.25. The molecule has 0 radical (unpaired) electrons. The Bertz CT molecular complexity index is 998. The van der Waals surface area contributed by atoms with Crippen LogP contribution in [0, 0.1) is 0 Å². The van der Waals surface area contributed by atoms with Gasteiger partial charge in [-0.2, -0.15) is 0 Å². The molecule has 1 atom stereocenters. The average molecular weight is 410 g/mol. The predicted molar refractivity (Wildman–Crippen MR) is 111 cm³/mol. The molecule has 1 unspecified atom stereocenters. The summed E-state index contributed by atoms with van der Waals surface area (Å²) in [6.07, 6.45) is 7.66. The van der Waals surface area contributed by atoms with Crippen molar-refractivity contribution in [2.24, 2.45) is 5.73 Å². The third kappa shape index (κ3) is 3.63. The number of halogens is 1. The van der Waals surface area contributed by atoms with Gasteiger partial charge in [0.1, 0.15) is 11.9 Å². The number of aryl methyl sites for hydroxylation is 1. The third-order valence-electron chi connectivity index (χ3n) is 6.02. The van der Waals surface area contributed by atoms with Gasteiger partial charge in [-0.25, -0.2) is 4.98 Å². The van der Waals surface area contributed by atoms with Gasteiger partial charge in [-0.05, 0) is 68.4 Å². The van der Waals surface area contributed by atoms with Gasteiger partial charge in [-0.15, -0.1) is 10.2 Å². The number of hydrogen-bond acceptors (Lipinski definition) is 5. The summed E-state index contributed by atoms with van der Waals surface area (Å²) < 4.78 is 8.24. The Morgan fingerprint density at radius 2 is 1.83 bits per heavy atom. The largest absolute Gasteiger partial charge is 0.474 e. The molecule has 0 saturated heterocycles. The fraction of sp³-hybridized carbons (Fsp3) is 0.409. The van der Waals surface area contributed by atoms with E-state index in [4.69, 9.17) is 22.1 Å². The highest BCUT2D eigenvalue weighted by Gasteiger charge is 2.31. The lowest BCUT2D eigenvalue weighted by atomic mass is 9.86. The molecular formula is C22H24ClN5O. The van der Waals surface area contributed by atoms with E-state index < -0.39 is 0 Å². The normalized spacial score (nSPS) is 23.7. The molecule has 2 aliphatic rings. The number of pyridine rings is 1. The van der Waals surface area contributed by atoms with Gasteiger partial charge in [0, 0.05) is 23.2 Å². The zero-order valence-electron chi connectivity index (χ0n) is 16.2. The number of rotatable bonds is 3. The maximum absolute atomic E-state index is 6.43. The van der Waals surface area contributed by atoms with Gasteiger partial charge in [0.25, 0.3) is 0 Å². The maximum Gasteiger partial charge on any atom is 0.213 e. The SMILES string of the molecule is NC1CCc2cc(Cl)ccc2-n2c1nnc2C1CCC(Oc2ccccn2)CC1. The average Bonchev–Trinajstić information content (AvgIpc) is 3.13. The van der Waals surface area contributed by atoms with Gasteiger partial charge in [-0.3, -0.25) is 4.57 Å².